The number of hydrogen-bond acceptors (Lipinski definition) is 5. The number of nitrogens with one attached hydrogen (secondary N) is 1. The molecule has 1 amide bonds. The maximum absolute atomic E-state index is 11.7. The fraction of sp³-hybridized carbons (Fsp3) is 0.231. The van der Waals surface area contributed by atoms with Crippen molar-refractivity contribution in [3.05, 3.63) is 42.5 Å². The molecule has 0 saturated carbocycles. The van der Waals surface area contributed by atoms with E-state index in [9.17, 15) is 4.79 Å². The Bertz CT molecular complexity index is 608. The van der Waals surface area contributed by atoms with Gasteiger partial charge in [-0.05, 0) is 23.8 Å². The highest BCUT2D eigenvalue weighted by atomic mass is 16.5. The number of tetrazole rings is 1. The van der Waals surface area contributed by atoms with Crippen molar-refractivity contribution in [2.75, 3.05) is 11.9 Å². The molecule has 7 nitrogen and oxygen atoms in total. The van der Waals surface area contributed by atoms with E-state index in [1.807, 2.05) is 25.1 Å². The van der Waals surface area contributed by atoms with Crippen LogP contribution in [0.3, 0.4) is 0 Å². The number of benzene rings is 1. The smallest absolute Gasteiger partial charge is 0.270 e. The van der Waals surface area contributed by atoms with Gasteiger partial charge in [0.05, 0.1) is 6.54 Å². The molecule has 0 unspecified atom stereocenters. The fourth-order valence-corrected chi connectivity index (χ4v) is 1.51. The standard InChI is InChI=1S/C13H15N5O2/c1-3-8-18-16-13(15-17-18)14-12(19)9-20-11-7-5-4-6-10(11)2/h3-7H,1,8-9H2,2H3,(H,14,16,19). The van der Waals surface area contributed by atoms with Crippen molar-refractivity contribution in [1.82, 2.24) is 20.2 Å². The molecule has 0 aliphatic carbocycles. The normalized spacial score (nSPS) is 10.1. The number of para-hydroxylation sites is 1. The Hall–Kier alpha value is -2.70. The van der Waals surface area contributed by atoms with Crippen molar-refractivity contribution in [2.24, 2.45) is 0 Å². The van der Waals surface area contributed by atoms with Crippen LogP contribution >= 0.6 is 0 Å². The average Bonchev–Trinajstić information content (AvgIpc) is 2.85. The molecule has 20 heavy (non-hydrogen) atoms. The number of carbonyl (C=O) groups is 1. The monoisotopic (exact) mass is 273 g/mol. The van der Waals surface area contributed by atoms with Gasteiger partial charge in [-0.15, -0.1) is 11.7 Å². The molecule has 1 N–H and O–H groups in total. The summed E-state index contributed by atoms with van der Waals surface area (Å²) in [5.41, 5.74) is 0.968. The summed E-state index contributed by atoms with van der Waals surface area (Å²) in [6, 6.07) is 7.48. The van der Waals surface area contributed by atoms with Crippen molar-refractivity contribution in [3.8, 4) is 5.75 Å². The van der Waals surface area contributed by atoms with Crippen LogP contribution < -0.4 is 10.1 Å². The zero-order valence-electron chi connectivity index (χ0n) is 11.1. The largest absolute Gasteiger partial charge is 0.483 e. The summed E-state index contributed by atoms with van der Waals surface area (Å²) in [6.45, 7) is 5.80. The molecule has 1 aromatic heterocycles. The molecule has 0 aliphatic rings. The summed E-state index contributed by atoms with van der Waals surface area (Å²) in [4.78, 5) is 13.0. The third-order valence-electron chi connectivity index (χ3n) is 2.45. The van der Waals surface area contributed by atoms with E-state index >= 15 is 0 Å². The zero-order valence-corrected chi connectivity index (χ0v) is 11.1. The first-order valence-corrected chi connectivity index (χ1v) is 6.06. The minimum Gasteiger partial charge on any atom is -0.483 e. The lowest BCUT2D eigenvalue weighted by Crippen LogP contribution is -2.21. The number of nitrogens with zero attached hydrogens (tertiary/aromatic N) is 4. The zero-order chi connectivity index (χ0) is 14.4. The highest BCUT2D eigenvalue weighted by molar-refractivity contribution is 5.90. The molecule has 0 fully saturated rings. The van der Waals surface area contributed by atoms with E-state index in [0.29, 0.717) is 12.3 Å². The van der Waals surface area contributed by atoms with Crippen LogP contribution in [-0.2, 0) is 11.3 Å². The van der Waals surface area contributed by atoms with E-state index in [1.54, 1.807) is 12.1 Å². The van der Waals surface area contributed by atoms with Gasteiger partial charge < -0.3 is 4.74 Å². The minimum absolute atomic E-state index is 0.110. The van der Waals surface area contributed by atoms with Gasteiger partial charge >= 0.3 is 0 Å². The van der Waals surface area contributed by atoms with Gasteiger partial charge in [-0.25, -0.2) is 0 Å². The molecule has 0 radical (unpaired) electrons. The summed E-state index contributed by atoms with van der Waals surface area (Å²) in [5, 5.41) is 13.9. The van der Waals surface area contributed by atoms with Crippen LogP contribution in [0.4, 0.5) is 5.95 Å². The quantitative estimate of drug-likeness (QED) is 0.799. The molecule has 2 rings (SSSR count). The molecule has 0 spiro atoms. The SMILES string of the molecule is C=CCn1nnc(NC(=O)COc2ccccc2C)n1. The van der Waals surface area contributed by atoms with Crippen LogP contribution in [0.5, 0.6) is 5.75 Å². The molecule has 0 aliphatic heterocycles. The molecule has 104 valence electrons. The third-order valence-corrected chi connectivity index (χ3v) is 2.45. The number of ether oxygens (including phenoxy) is 1. The summed E-state index contributed by atoms with van der Waals surface area (Å²) < 4.78 is 5.41. The molecule has 0 saturated heterocycles. The topological polar surface area (TPSA) is 81.9 Å². The highest BCUT2D eigenvalue weighted by Gasteiger charge is 2.08. The maximum atomic E-state index is 11.7. The molecule has 1 aromatic carbocycles. The van der Waals surface area contributed by atoms with Gasteiger partial charge in [0.15, 0.2) is 6.61 Å². The van der Waals surface area contributed by atoms with Crippen molar-refractivity contribution in [2.45, 2.75) is 13.5 Å². The van der Waals surface area contributed by atoms with E-state index in [1.165, 1.54) is 4.80 Å². The lowest BCUT2D eigenvalue weighted by Gasteiger charge is -2.07. The second-order valence-electron chi connectivity index (χ2n) is 4.06. The van der Waals surface area contributed by atoms with Crippen LogP contribution in [0.1, 0.15) is 5.56 Å². The average molecular weight is 273 g/mol. The number of amides is 1. The number of aryl methyl sites for hydroxylation is 1. The van der Waals surface area contributed by atoms with E-state index in [0.717, 1.165) is 5.56 Å². The van der Waals surface area contributed by atoms with E-state index in [4.69, 9.17) is 4.74 Å². The number of allylic oxidation sites excluding steroid dienone is 1. The van der Waals surface area contributed by atoms with Crippen molar-refractivity contribution >= 4 is 11.9 Å². The Labute approximate surface area is 116 Å². The number of carbonyl (C=O) groups excluding carboxylic acids is 1. The number of hydrogen-bond donors (Lipinski definition) is 1. The Morgan fingerprint density at radius 2 is 2.30 bits per heavy atom. The molecule has 0 atom stereocenters. The second-order valence-corrected chi connectivity index (χ2v) is 4.06. The van der Waals surface area contributed by atoms with Crippen LogP contribution in [0, 0.1) is 6.92 Å². The van der Waals surface area contributed by atoms with Gasteiger partial charge in [0.2, 0.25) is 0 Å². The van der Waals surface area contributed by atoms with Gasteiger partial charge in [-0.2, -0.15) is 4.80 Å². The maximum Gasteiger partial charge on any atom is 0.270 e. The Morgan fingerprint density at radius 3 is 3.05 bits per heavy atom. The lowest BCUT2D eigenvalue weighted by molar-refractivity contribution is -0.118. The number of anilines is 1. The van der Waals surface area contributed by atoms with E-state index in [2.05, 4.69) is 27.3 Å². The summed E-state index contributed by atoms with van der Waals surface area (Å²) in [6.07, 6.45) is 1.63. The van der Waals surface area contributed by atoms with Crippen LogP contribution in [0.15, 0.2) is 36.9 Å². The molecule has 1 heterocycles. The van der Waals surface area contributed by atoms with Gasteiger partial charge in [-0.3, -0.25) is 10.1 Å². The lowest BCUT2D eigenvalue weighted by atomic mass is 10.2. The van der Waals surface area contributed by atoms with Gasteiger partial charge in [0.25, 0.3) is 11.9 Å². The highest BCUT2D eigenvalue weighted by Crippen LogP contribution is 2.15. The first-order chi connectivity index (χ1) is 9.69. The Balaban J connectivity index is 1.86. The van der Waals surface area contributed by atoms with Crippen molar-refractivity contribution in [3.63, 3.8) is 0 Å². The predicted octanol–water partition coefficient (Wildman–Crippen LogP) is 1.19. The second kappa shape index (κ2) is 6.46. The van der Waals surface area contributed by atoms with Gasteiger partial charge in [0, 0.05) is 0 Å². The predicted molar refractivity (Wildman–Crippen MR) is 73.3 cm³/mol. The minimum atomic E-state index is -0.341. The fourth-order valence-electron chi connectivity index (χ4n) is 1.51. The van der Waals surface area contributed by atoms with E-state index in [-0.39, 0.29) is 18.5 Å². The number of aromatic nitrogens is 4. The molecular formula is C13H15N5O2. The first-order valence-electron chi connectivity index (χ1n) is 6.06. The molecular weight excluding hydrogens is 258 g/mol. The van der Waals surface area contributed by atoms with E-state index < -0.39 is 0 Å². The molecule has 2 aromatic rings. The number of rotatable bonds is 6. The van der Waals surface area contributed by atoms with Crippen LogP contribution in [0.25, 0.3) is 0 Å². The third kappa shape index (κ3) is 3.64. The molecule has 0 bridgehead atoms. The summed E-state index contributed by atoms with van der Waals surface area (Å²) in [7, 11) is 0. The molecule has 7 heteroatoms. The first kappa shape index (κ1) is 13.7. The Kier molecular flexibility index (Phi) is 4.43. The van der Waals surface area contributed by atoms with Crippen LogP contribution in [0.2, 0.25) is 0 Å². The van der Waals surface area contributed by atoms with Crippen LogP contribution in [-0.4, -0.2) is 32.7 Å². The van der Waals surface area contributed by atoms with Crippen molar-refractivity contribution < 1.29 is 9.53 Å². The Morgan fingerprint density at radius 1 is 1.50 bits per heavy atom. The van der Waals surface area contributed by atoms with Crippen molar-refractivity contribution in [1.29, 1.82) is 0 Å². The summed E-state index contributed by atoms with van der Waals surface area (Å²) >= 11 is 0. The van der Waals surface area contributed by atoms with Gasteiger partial charge in [-0.1, -0.05) is 29.4 Å². The summed E-state index contributed by atoms with van der Waals surface area (Å²) in [5.74, 6) is 0.475. The van der Waals surface area contributed by atoms with Gasteiger partial charge in [0.1, 0.15) is 5.75 Å².